The van der Waals surface area contributed by atoms with E-state index in [0.717, 1.165) is 43.1 Å². The molecule has 0 radical (unpaired) electrons. The van der Waals surface area contributed by atoms with Gasteiger partial charge in [-0.2, -0.15) is 0 Å². The Hall–Kier alpha value is -0.610. The fraction of sp³-hybridized carbons (Fsp3) is 0.778. The Labute approximate surface area is 196 Å². The van der Waals surface area contributed by atoms with Crippen LogP contribution in [0.3, 0.4) is 0 Å². The zero-order valence-corrected chi connectivity index (χ0v) is 21.1. The molecule has 0 aromatic rings. The minimum absolute atomic E-state index is 0. The van der Waals surface area contributed by atoms with Crippen molar-refractivity contribution in [3.05, 3.63) is 35.5 Å². The van der Waals surface area contributed by atoms with Crippen molar-refractivity contribution in [1.82, 2.24) is 0 Å². The SMILES string of the molecule is C=C1/C(=C\C=C2/CCC[C@]3(C)[C@@H]([C@H](C)CCCC(C)(C)O)CC[C@@H]23)C[C@@H]([NH3+])C[C@@H]1O.[Cl-]. The van der Waals surface area contributed by atoms with Crippen LogP contribution in [0.1, 0.15) is 91.9 Å². The molecule has 3 nitrogen and oxygen atoms in total. The molecular formula is C27H46ClNO2. The van der Waals surface area contributed by atoms with Crippen LogP contribution >= 0.6 is 0 Å². The highest BCUT2D eigenvalue weighted by Crippen LogP contribution is 2.60. The maximum absolute atomic E-state index is 10.2. The number of hydrogen-bond acceptors (Lipinski definition) is 2. The van der Waals surface area contributed by atoms with Crippen LogP contribution in [0, 0.1) is 23.2 Å². The largest absolute Gasteiger partial charge is 1.00 e. The summed E-state index contributed by atoms with van der Waals surface area (Å²) in [5, 5.41) is 20.3. The minimum Gasteiger partial charge on any atom is -1.00 e. The van der Waals surface area contributed by atoms with Gasteiger partial charge in [-0.25, -0.2) is 0 Å². The van der Waals surface area contributed by atoms with Gasteiger partial charge in [-0.15, -0.1) is 0 Å². The molecule has 178 valence electrons. The van der Waals surface area contributed by atoms with Crippen LogP contribution in [0.2, 0.25) is 0 Å². The van der Waals surface area contributed by atoms with E-state index in [1.807, 2.05) is 13.8 Å². The second kappa shape index (κ2) is 10.5. The summed E-state index contributed by atoms with van der Waals surface area (Å²) in [7, 11) is 0. The molecule has 0 aliphatic heterocycles. The molecule has 0 aromatic carbocycles. The topological polar surface area (TPSA) is 68.1 Å². The number of quaternary nitrogens is 1. The predicted octanol–water partition coefficient (Wildman–Crippen LogP) is 1.96. The molecule has 0 heterocycles. The van der Waals surface area contributed by atoms with Crippen LogP contribution < -0.4 is 18.1 Å². The number of aliphatic hydroxyl groups excluding tert-OH is 1. The van der Waals surface area contributed by atoms with Crippen molar-refractivity contribution in [2.24, 2.45) is 23.2 Å². The molecule has 0 unspecified atom stereocenters. The van der Waals surface area contributed by atoms with E-state index in [1.165, 1.54) is 44.1 Å². The summed E-state index contributed by atoms with van der Waals surface area (Å²) in [6.45, 7) is 13.0. The van der Waals surface area contributed by atoms with Crippen molar-refractivity contribution in [2.75, 3.05) is 0 Å². The molecular weight excluding hydrogens is 406 g/mol. The molecule has 5 N–H and O–H groups in total. The average Bonchev–Trinajstić information content (AvgIpc) is 3.00. The molecule has 0 bridgehead atoms. The Morgan fingerprint density at radius 2 is 2.00 bits per heavy atom. The van der Waals surface area contributed by atoms with Crippen LogP contribution in [0.15, 0.2) is 35.5 Å². The van der Waals surface area contributed by atoms with Crippen molar-refractivity contribution in [2.45, 2.75) is 110 Å². The van der Waals surface area contributed by atoms with E-state index in [1.54, 1.807) is 5.57 Å². The van der Waals surface area contributed by atoms with E-state index < -0.39 is 11.7 Å². The quantitative estimate of drug-likeness (QED) is 0.577. The highest BCUT2D eigenvalue weighted by Gasteiger charge is 2.50. The number of hydrogen-bond donors (Lipinski definition) is 3. The first-order valence-electron chi connectivity index (χ1n) is 12.3. The maximum Gasteiger partial charge on any atom is 0.0913 e. The number of halogens is 1. The lowest BCUT2D eigenvalue weighted by Crippen LogP contribution is -3.00. The summed E-state index contributed by atoms with van der Waals surface area (Å²) < 4.78 is 0. The van der Waals surface area contributed by atoms with Crippen LogP contribution in [-0.4, -0.2) is 28.0 Å². The van der Waals surface area contributed by atoms with E-state index in [2.05, 4.69) is 38.3 Å². The van der Waals surface area contributed by atoms with Crippen LogP contribution in [0.25, 0.3) is 0 Å². The Morgan fingerprint density at radius 3 is 2.68 bits per heavy atom. The highest BCUT2D eigenvalue weighted by atomic mass is 35.5. The fourth-order valence-electron chi connectivity index (χ4n) is 6.85. The van der Waals surface area contributed by atoms with Crippen LogP contribution in [0.4, 0.5) is 0 Å². The summed E-state index contributed by atoms with van der Waals surface area (Å²) in [5.74, 6) is 2.21. The van der Waals surface area contributed by atoms with E-state index in [4.69, 9.17) is 0 Å². The summed E-state index contributed by atoms with van der Waals surface area (Å²) in [6.07, 6.45) is 15.6. The third-order valence-electron chi connectivity index (χ3n) is 8.55. The summed E-state index contributed by atoms with van der Waals surface area (Å²) in [4.78, 5) is 0. The van der Waals surface area contributed by atoms with Crippen molar-refractivity contribution < 1.29 is 28.4 Å². The maximum atomic E-state index is 10.2. The van der Waals surface area contributed by atoms with E-state index in [0.29, 0.717) is 11.3 Å². The zero-order chi connectivity index (χ0) is 22.1. The third kappa shape index (κ3) is 6.25. The monoisotopic (exact) mass is 451 g/mol. The van der Waals surface area contributed by atoms with Gasteiger partial charge in [0, 0.05) is 12.8 Å². The minimum atomic E-state index is -0.542. The summed E-state index contributed by atoms with van der Waals surface area (Å²) in [6, 6.07) is 0.285. The number of fused-ring (bicyclic) bond motifs is 1. The molecule has 3 saturated carbocycles. The van der Waals surface area contributed by atoms with Crippen molar-refractivity contribution in [3.8, 4) is 0 Å². The van der Waals surface area contributed by atoms with Gasteiger partial charge in [0.2, 0.25) is 0 Å². The van der Waals surface area contributed by atoms with E-state index in [-0.39, 0.29) is 18.4 Å². The predicted molar refractivity (Wildman–Crippen MR) is 125 cm³/mol. The standard InChI is InChI=1S/C27H45NO2.ClH/c1-18(8-6-14-26(3,4)30)23-12-13-24-20(9-7-15-27(23,24)5)10-11-21-16-22(28)17-25(29)19(21)2;/h10-11,18,22-25,29-30H,2,6-9,12-17,28H2,1,3-5H3;1H/b20-10+,21-11-;/t18-,22-,23-,24+,25+,27-;/m1./s1. The molecule has 3 aliphatic carbocycles. The highest BCUT2D eigenvalue weighted by molar-refractivity contribution is 5.38. The third-order valence-corrected chi connectivity index (χ3v) is 8.55. The molecule has 6 atom stereocenters. The Balaban J connectivity index is 0.00000341. The zero-order valence-electron chi connectivity index (χ0n) is 20.3. The average molecular weight is 452 g/mol. The lowest BCUT2D eigenvalue weighted by molar-refractivity contribution is -0.424. The first kappa shape index (κ1) is 26.6. The van der Waals surface area contributed by atoms with Crippen molar-refractivity contribution in [3.63, 3.8) is 0 Å². The van der Waals surface area contributed by atoms with Gasteiger partial charge in [0.25, 0.3) is 0 Å². The van der Waals surface area contributed by atoms with Gasteiger partial charge in [0.15, 0.2) is 0 Å². The van der Waals surface area contributed by atoms with Crippen molar-refractivity contribution >= 4 is 0 Å². The second-order valence-electron chi connectivity index (χ2n) is 11.6. The first-order chi connectivity index (χ1) is 14.0. The van der Waals surface area contributed by atoms with Gasteiger partial charge in [-0.3, -0.25) is 0 Å². The molecule has 3 fully saturated rings. The van der Waals surface area contributed by atoms with Gasteiger partial charge < -0.3 is 28.4 Å². The smallest absolute Gasteiger partial charge is 0.0913 e. The van der Waals surface area contributed by atoms with E-state index >= 15 is 0 Å². The molecule has 0 saturated heterocycles. The number of rotatable bonds is 6. The molecule has 3 rings (SSSR count). The first-order valence-corrected chi connectivity index (χ1v) is 12.3. The van der Waals surface area contributed by atoms with Crippen LogP contribution in [0.5, 0.6) is 0 Å². The Morgan fingerprint density at radius 1 is 1.29 bits per heavy atom. The van der Waals surface area contributed by atoms with Gasteiger partial charge in [0.05, 0.1) is 17.7 Å². The summed E-state index contributed by atoms with van der Waals surface area (Å²) >= 11 is 0. The van der Waals surface area contributed by atoms with Gasteiger partial charge in [-0.05, 0) is 86.7 Å². The molecule has 31 heavy (non-hydrogen) atoms. The van der Waals surface area contributed by atoms with Gasteiger partial charge >= 0.3 is 0 Å². The van der Waals surface area contributed by atoms with E-state index in [9.17, 15) is 10.2 Å². The number of allylic oxidation sites excluding steroid dienone is 3. The van der Waals surface area contributed by atoms with Gasteiger partial charge in [0.1, 0.15) is 0 Å². The molecule has 0 amide bonds. The Bertz CT molecular complexity index is 692. The lowest BCUT2D eigenvalue weighted by Gasteiger charge is -2.44. The van der Waals surface area contributed by atoms with Gasteiger partial charge in [-0.1, -0.05) is 51.0 Å². The second-order valence-corrected chi connectivity index (χ2v) is 11.6. The molecule has 3 aliphatic rings. The van der Waals surface area contributed by atoms with Crippen molar-refractivity contribution in [1.29, 1.82) is 0 Å². The molecule has 0 aromatic heterocycles. The summed E-state index contributed by atoms with van der Waals surface area (Å²) in [5.41, 5.74) is 7.77. The Kier molecular flexibility index (Phi) is 9.06. The molecule has 4 heteroatoms. The number of aliphatic hydroxyl groups is 2. The normalized spacial score (nSPS) is 37.6. The lowest BCUT2D eigenvalue weighted by atomic mass is 9.60. The molecule has 0 spiro atoms. The van der Waals surface area contributed by atoms with Crippen LogP contribution in [-0.2, 0) is 0 Å². The fourth-order valence-corrected chi connectivity index (χ4v) is 6.85.